The molecular formula is C13H28N2O. The zero-order valence-corrected chi connectivity index (χ0v) is 11.0. The van der Waals surface area contributed by atoms with Gasteiger partial charge in [0.05, 0.1) is 0 Å². The number of ether oxygens (including phenoxy) is 1. The first-order valence-electron chi connectivity index (χ1n) is 6.91. The van der Waals surface area contributed by atoms with Crippen molar-refractivity contribution in [3.8, 4) is 0 Å². The maximum atomic E-state index is 5.30. The molecule has 3 heteroatoms. The van der Waals surface area contributed by atoms with Gasteiger partial charge in [-0.1, -0.05) is 6.92 Å². The molecule has 0 spiro atoms. The van der Waals surface area contributed by atoms with E-state index in [0.717, 1.165) is 32.3 Å². The van der Waals surface area contributed by atoms with Crippen molar-refractivity contribution in [3.63, 3.8) is 0 Å². The maximum absolute atomic E-state index is 5.30. The summed E-state index contributed by atoms with van der Waals surface area (Å²) in [7, 11) is 0. The largest absolute Gasteiger partial charge is 0.382 e. The highest BCUT2D eigenvalue weighted by Gasteiger charge is 2.26. The van der Waals surface area contributed by atoms with Crippen LogP contribution in [-0.2, 0) is 4.74 Å². The zero-order valence-electron chi connectivity index (χ0n) is 11.0. The average Bonchev–Trinajstić information content (AvgIpc) is 3.11. The Morgan fingerprint density at radius 1 is 1.19 bits per heavy atom. The van der Waals surface area contributed by atoms with Crippen LogP contribution < -0.4 is 5.32 Å². The van der Waals surface area contributed by atoms with Crippen LogP contribution in [0.1, 0.15) is 39.5 Å². The lowest BCUT2D eigenvalue weighted by Gasteiger charge is -2.19. The van der Waals surface area contributed by atoms with Crippen LogP contribution in [0, 0.1) is 0 Å². The highest BCUT2D eigenvalue weighted by molar-refractivity contribution is 4.83. The molecule has 0 aromatic heterocycles. The summed E-state index contributed by atoms with van der Waals surface area (Å²) in [6, 6.07) is 0.907. The molecule has 3 nitrogen and oxygen atoms in total. The molecule has 0 bridgehead atoms. The van der Waals surface area contributed by atoms with Crippen molar-refractivity contribution < 1.29 is 4.74 Å². The van der Waals surface area contributed by atoms with Crippen LogP contribution in [0.4, 0.5) is 0 Å². The van der Waals surface area contributed by atoms with Gasteiger partial charge >= 0.3 is 0 Å². The Morgan fingerprint density at radius 3 is 2.62 bits per heavy atom. The summed E-state index contributed by atoms with van der Waals surface area (Å²) in [5, 5.41) is 3.51. The molecule has 0 radical (unpaired) electrons. The van der Waals surface area contributed by atoms with Gasteiger partial charge in [-0.25, -0.2) is 0 Å². The molecule has 1 N–H and O–H groups in total. The third-order valence-electron chi connectivity index (χ3n) is 3.14. The minimum absolute atomic E-state index is 0.847. The van der Waals surface area contributed by atoms with E-state index in [0.29, 0.717) is 0 Å². The lowest BCUT2D eigenvalue weighted by atomic mass is 10.3. The first kappa shape index (κ1) is 13.9. The predicted octanol–water partition coefficient (Wildman–Crippen LogP) is 1.88. The molecule has 96 valence electrons. The number of nitrogens with zero attached hydrogens (tertiary/aromatic N) is 1. The second kappa shape index (κ2) is 8.97. The Hall–Kier alpha value is -0.120. The van der Waals surface area contributed by atoms with Crippen molar-refractivity contribution >= 4 is 0 Å². The topological polar surface area (TPSA) is 24.5 Å². The summed E-state index contributed by atoms with van der Waals surface area (Å²) in [5.74, 6) is 0. The Morgan fingerprint density at radius 2 is 2.00 bits per heavy atom. The SMILES string of the molecule is CCOCCCCNCCN(CC)C1CC1. The number of unbranched alkanes of at least 4 members (excludes halogenated alkanes) is 1. The molecule has 0 atom stereocenters. The minimum atomic E-state index is 0.847. The van der Waals surface area contributed by atoms with Crippen LogP contribution in [-0.4, -0.2) is 50.3 Å². The van der Waals surface area contributed by atoms with Crippen molar-refractivity contribution in [1.29, 1.82) is 0 Å². The van der Waals surface area contributed by atoms with E-state index in [9.17, 15) is 0 Å². The second-order valence-corrected chi connectivity index (χ2v) is 4.51. The summed E-state index contributed by atoms with van der Waals surface area (Å²) in [6.07, 6.45) is 5.25. The van der Waals surface area contributed by atoms with E-state index in [-0.39, 0.29) is 0 Å². The lowest BCUT2D eigenvalue weighted by Crippen LogP contribution is -2.34. The van der Waals surface area contributed by atoms with Gasteiger partial charge in [0.15, 0.2) is 0 Å². The highest BCUT2D eigenvalue weighted by Crippen LogP contribution is 2.25. The fourth-order valence-electron chi connectivity index (χ4n) is 1.98. The van der Waals surface area contributed by atoms with Crippen LogP contribution in [0.25, 0.3) is 0 Å². The van der Waals surface area contributed by atoms with Crippen molar-refractivity contribution in [2.75, 3.05) is 39.4 Å². The Labute approximate surface area is 101 Å². The van der Waals surface area contributed by atoms with Gasteiger partial charge in [-0.2, -0.15) is 0 Å². The highest BCUT2D eigenvalue weighted by atomic mass is 16.5. The molecule has 0 heterocycles. The first-order chi connectivity index (χ1) is 7.88. The van der Waals surface area contributed by atoms with Crippen LogP contribution in [0.2, 0.25) is 0 Å². The molecule has 0 aromatic carbocycles. The first-order valence-corrected chi connectivity index (χ1v) is 6.91. The van der Waals surface area contributed by atoms with Gasteiger partial charge in [0.2, 0.25) is 0 Å². The number of rotatable bonds is 11. The van der Waals surface area contributed by atoms with E-state index in [2.05, 4.69) is 24.1 Å². The molecule has 0 amide bonds. The van der Waals surface area contributed by atoms with Crippen molar-refractivity contribution in [2.24, 2.45) is 0 Å². The minimum Gasteiger partial charge on any atom is -0.382 e. The van der Waals surface area contributed by atoms with Gasteiger partial charge in [0.1, 0.15) is 0 Å². The molecule has 0 saturated heterocycles. The Bertz CT molecular complexity index is 160. The summed E-state index contributed by atoms with van der Waals surface area (Å²) in [6.45, 7) is 10.8. The lowest BCUT2D eigenvalue weighted by molar-refractivity contribution is 0.143. The monoisotopic (exact) mass is 228 g/mol. The molecule has 1 aliphatic rings. The standard InChI is InChI=1S/C13H28N2O/c1-3-15(13-7-8-13)11-10-14-9-5-6-12-16-4-2/h13-14H,3-12H2,1-2H3. The van der Waals surface area contributed by atoms with Crippen molar-refractivity contribution in [2.45, 2.75) is 45.6 Å². The fourth-order valence-corrected chi connectivity index (χ4v) is 1.98. The van der Waals surface area contributed by atoms with E-state index >= 15 is 0 Å². The predicted molar refractivity (Wildman–Crippen MR) is 68.9 cm³/mol. The van der Waals surface area contributed by atoms with Crippen LogP contribution in [0.5, 0.6) is 0 Å². The average molecular weight is 228 g/mol. The summed E-state index contributed by atoms with van der Waals surface area (Å²) < 4.78 is 5.30. The molecule has 0 unspecified atom stereocenters. The van der Waals surface area contributed by atoms with Gasteiger partial charge in [0, 0.05) is 32.3 Å². The van der Waals surface area contributed by atoms with Gasteiger partial charge in [-0.05, 0) is 45.7 Å². The van der Waals surface area contributed by atoms with Crippen molar-refractivity contribution in [3.05, 3.63) is 0 Å². The van der Waals surface area contributed by atoms with Gasteiger partial charge in [-0.3, -0.25) is 4.90 Å². The Balaban J connectivity index is 1.80. The molecule has 1 aliphatic carbocycles. The van der Waals surface area contributed by atoms with Gasteiger partial charge in [0.25, 0.3) is 0 Å². The normalized spacial score (nSPS) is 15.9. The molecule has 0 aliphatic heterocycles. The fraction of sp³-hybridized carbons (Fsp3) is 1.00. The van der Waals surface area contributed by atoms with Gasteiger partial charge in [-0.15, -0.1) is 0 Å². The summed E-state index contributed by atoms with van der Waals surface area (Å²) in [4.78, 5) is 2.59. The van der Waals surface area contributed by atoms with Crippen LogP contribution in [0.15, 0.2) is 0 Å². The molecular weight excluding hydrogens is 200 g/mol. The second-order valence-electron chi connectivity index (χ2n) is 4.51. The number of hydrogen-bond acceptors (Lipinski definition) is 3. The molecule has 1 rings (SSSR count). The van der Waals surface area contributed by atoms with Crippen LogP contribution >= 0.6 is 0 Å². The number of hydrogen-bond donors (Lipinski definition) is 1. The molecule has 1 fully saturated rings. The van der Waals surface area contributed by atoms with E-state index in [1.807, 2.05) is 0 Å². The quantitative estimate of drug-likeness (QED) is 0.546. The maximum Gasteiger partial charge on any atom is 0.0466 e. The van der Waals surface area contributed by atoms with Gasteiger partial charge < -0.3 is 10.1 Å². The van der Waals surface area contributed by atoms with E-state index in [1.165, 1.54) is 38.8 Å². The summed E-state index contributed by atoms with van der Waals surface area (Å²) >= 11 is 0. The number of nitrogens with one attached hydrogen (secondary N) is 1. The molecule has 0 aromatic rings. The molecule has 1 saturated carbocycles. The Kier molecular flexibility index (Phi) is 7.81. The van der Waals surface area contributed by atoms with E-state index in [1.54, 1.807) is 0 Å². The number of likely N-dealkylation sites (N-methyl/N-ethyl adjacent to an activating group) is 1. The third kappa shape index (κ3) is 6.46. The van der Waals surface area contributed by atoms with E-state index in [4.69, 9.17) is 4.74 Å². The zero-order chi connectivity index (χ0) is 11.6. The van der Waals surface area contributed by atoms with Crippen molar-refractivity contribution in [1.82, 2.24) is 10.2 Å². The summed E-state index contributed by atoms with van der Waals surface area (Å²) in [5.41, 5.74) is 0. The van der Waals surface area contributed by atoms with Crippen LogP contribution in [0.3, 0.4) is 0 Å². The molecule has 16 heavy (non-hydrogen) atoms. The van der Waals surface area contributed by atoms with E-state index < -0.39 is 0 Å². The smallest absolute Gasteiger partial charge is 0.0466 e. The third-order valence-corrected chi connectivity index (χ3v) is 3.14.